The lowest BCUT2D eigenvalue weighted by Crippen LogP contribution is -2.41. The molecule has 3 rings (SSSR count). The number of halogens is 1. The summed E-state index contributed by atoms with van der Waals surface area (Å²) in [6.45, 7) is 7.80. The van der Waals surface area contributed by atoms with E-state index in [1.165, 1.54) is 6.08 Å². The predicted molar refractivity (Wildman–Crippen MR) is 99.5 cm³/mol. The number of thiophene rings is 1. The largest absolute Gasteiger partial charge is 0.525 e. The molecule has 1 aliphatic heterocycles. The number of nitrogens with zero attached hydrogens (tertiary/aromatic N) is 2. The van der Waals surface area contributed by atoms with Crippen molar-refractivity contribution in [3.8, 4) is 22.9 Å². The van der Waals surface area contributed by atoms with Crippen molar-refractivity contribution in [3.63, 3.8) is 0 Å². The first-order valence-corrected chi connectivity index (χ1v) is 8.89. The Hall–Kier alpha value is -1.88. The van der Waals surface area contributed by atoms with E-state index in [1.54, 1.807) is 16.0 Å². The van der Waals surface area contributed by atoms with Crippen molar-refractivity contribution >= 4 is 24.5 Å². The van der Waals surface area contributed by atoms with Gasteiger partial charge in [-0.15, -0.1) is 17.8 Å². The molecule has 2 aromatic rings. The molecule has 1 saturated heterocycles. The minimum atomic E-state index is -1.04. The van der Waals surface area contributed by atoms with E-state index in [9.17, 15) is 4.39 Å². The molecule has 25 heavy (non-hydrogen) atoms. The Morgan fingerprint density at radius 1 is 1.40 bits per heavy atom. The Morgan fingerprint density at radius 3 is 2.64 bits per heavy atom. The lowest BCUT2D eigenvalue weighted by Gasteiger charge is -2.32. The lowest BCUT2D eigenvalue weighted by molar-refractivity contribution is 0.00578. The summed E-state index contributed by atoms with van der Waals surface area (Å²) in [4.78, 5) is 1.00. The van der Waals surface area contributed by atoms with Gasteiger partial charge in [0, 0.05) is 0 Å². The zero-order valence-electron chi connectivity index (χ0n) is 14.7. The van der Waals surface area contributed by atoms with E-state index in [4.69, 9.17) is 15.7 Å². The fourth-order valence-electron chi connectivity index (χ4n) is 2.47. The smallest absolute Gasteiger partial charge is 0.398 e. The second kappa shape index (κ2) is 6.45. The van der Waals surface area contributed by atoms with Gasteiger partial charge in [0.05, 0.1) is 21.8 Å². The van der Waals surface area contributed by atoms with Gasteiger partial charge in [-0.2, -0.15) is 5.10 Å². The molecule has 0 aliphatic carbocycles. The third kappa shape index (κ3) is 3.43. The van der Waals surface area contributed by atoms with Gasteiger partial charge in [0.25, 0.3) is 0 Å². The molecule has 4 nitrogen and oxygen atoms in total. The summed E-state index contributed by atoms with van der Waals surface area (Å²) < 4.78 is 27.9. The zero-order chi connectivity index (χ0) is 18.2. The van der Waals surface area contributed by atoms with Gasteiger partial charge in [-0.25, -0.2) is 4.39 Å². The maximum atomic E-state index is 14.8. The molecule has 7 heteroatoms. The summed E-state index contributed by atoms with van der Waals surface area (Å²) in [5.74, 6) is 2.54. The van der Waals surface area contributed by atoms with E-state index in [2.05, 4.69) is 11.0 Å². The van der Waals surface area contributed by atoms with Gasteiger partial charge < -0.3 is 9.31 Å². The van der Waals surface area contributed by atoms with Gasteiger partial charge in [0.1, 0.15) is 18.0 Å². The predicted octanol–water partition coefficient (Wildman–Crippen LogP) is 4.19. The van der Waals surface area contributed by atoms with E-state index in [1.807, 2.05) is 51.3 Å². The van der Waals surface area contributed by atoms with Gasteiger partial charge in [-0.3, -0.25) is 4.68 Å². The first-order valence-electron chi connectivity index (χ1n) is 8.01. The summed E-state index contributed by atoms with van der Waals surface area (Å²) in [6.07, 6.45) is 6.79. The van der Waals surface area contributed by atoms with Crippen molar-refractivity contribution in [1.82, 2.24) is 9.78 Å². The van der Waals surface area contributed by atoms with Gasteiger partial charge >= 0.3 is 7.12 Å². The molecule has 3 heterocycles. The van der Waals surface area contributed by atoms with Gasteiger partial charge in [0.15, 0.2) is 0 Å². The summed E-state index contributed by atoms with van der Waals surface area (Å²) in [5, 5.41) is 6.44. The Morgan fingerprint density at radius 2 is 2.08 bits per heavy atom. The third-order valence-electron chi connectivity index (χ3n) is 4.59. The fourth-order valence-corrected chi connectivity index (χ4v) is 3.15. The average molecular weight is 358 g/mol. The molecule has 2 aromatic heterocycles. The van der Waals surface area contributed by atoms with Crippen LogP contribution in [0.5, 0.6) is 0 Å². The second-order valence-electron chi connectivity index (χ2n) is 6.91. The van der Waals surface area contributed by atoms with Crippen LogP contribution in [0.3, 0.4) is 0 Å². The topological polar surface area (TPSA) is 36.3 Å². The van der Waals surface area contributed by atoms with Crippen molar-refractivity contribution < 1.29 is 13.7 Å². The van der Waals surface area contributed by atoms with Crippen LogP contribution in [0.2, 0.25) is 0 Å². The molecule has 0 spiro atoms. The van der Waals surface area contributed by atoms with E-state index in [0.29, 0.717) is 5.69 Å². The van der Waals surface area contributed by atoms with Crippen LogP contribution in [0.4, 0.5) is 4.39 Å². The SMILES string of the molecule is C#CCn1nc(-c2cccs2)cc1C=C(F)B1OC(C)(C)C(C)(C)O1. The van der Waals surface area contributed by atoms with Crippen molar-refractivity contribution in [2.45, 2.75) is 45.4 Å². The maximum Gasteiger partial charge on any atom is 0.525 e. The van der Waals surface area contributed by atoms with E-state index >= 15 is 0 Å². The first kappa shape index (κ1) is 17.9. The van der Waals surface area contributed by atoms with Crippen LogP contribution < -0.4 is 0 Å². The number of hydrogen-bond acceptors (Lipinski definition) is 4. The quantitative estimate of drug-likeness (QED) is 0.608. The van der Waals surface area contributed by atoms with Crippen LogP contribution in [0.15, 0.2) is 29.3 Å². The molecule has 0 amide bonds. The molecule has 1 aliphatic rings. The monoisotopic (exact) mass is 358 g/mol. The third-order valence-corrected chi connectivity index (χ3v) is 5.48. The van der Waals surface area contributed by atoms with E-state index in [0.717, 1.165) is 10.6 Å². The van der Waals surface area contributed by atoms with Crippen molar-refractivity contribution in [1.29, 1.82) is 0 Å². The average Bonchev–Trinajstić information content (AvgIpc) is 3.20. The molecule has 0 aromatic carbocycles. The molecule has 0 atom stereocenters. The molecule has 0 radical (unpaired) electrons. The fraction of sp³-hybridized carbons (Fsp3) is 0.389. The van der Waals surface area contributed by atoms with Gasteiger partial charge in [-0.05, 0) is 51.3 Å². The summed E-state index contributed by atoms with van der Waals surface area (Å²) in [7, 11) is -1.04. The first-order chi connectivity index (χ1) is 11.7. The molecular weight excluding hydrogens is 338 g/mol. The summed E-state index contributed by atoms with van der Waals surface area (Å²) in [5.41, 5.74) is -0.352. The maximum absolute atomic E-state index is 14.8. The van der Waals surface area contributed by atoms with E-state index < -0.39 is 24.0 Å². The number of aromatic nitrogens is 2. The molecule has 0 bridgehead atoms. The van der Waals surface area contributed by atoms with Crippen LogP contribution >= 0.6 is 11.3 Å². The van der Waals surface area contributed by atoms with E-state index in [-0.39, 0.29) is 6.54 Å². The van der Waals surface area contributed by atoms with Crippen LogP contribution in [0.1, 0.15) is 33.4 Å². The van der Waals surface area contributed by atoms with Crippen molar-refractivity contribution in [3.05, 3.63) is 35.0 Å². The lowest BCUT2D eigenvalue weighted by atomic mass is 9.87. The minimum absolute atomic E-state index is 0.258. The van der Waals surface area contributed by atoms with Crippen LogP contribution in [0, 0.1) is 12.3 Å². The Balaban J connectivity index is 1.91. The second-order valence-corrected chi connectivity index (χ2v) is 7.86. The Labute approximate surface area is 151 Å². The zero-order valence-corrected chi connectivity index (χ0v) is 15.6. The van der Waals surface area contributed by atoms with Crippen molar-refractivity contribution in [2.24, 2.45) is 0 Å². The van der Waals surface area contributed by atoms with Crippen LogP contribution in [-0.4, -0.2) is 28.1 Å². The summed E-state index contributed by atoms with van der Waals surface area (Å²) >= 11 is 1.57. The highest BCUT2D eigenvalue weighted by Crippen LogP contribution is 2.39. The highest BCUT2D eigenvalue weighted by atomic mass is 32.1. The summed E-state index contributed by atoms with van der Waals surface area (Å²) in [6, 6.07) is 5.72. The molecule has 1 fully saturated rings. The minimum Gasteiger partial charge on any atom is -0.398 e. The normalized spacial score (nSPS) is 19.2. The molecule has 0 unspecified atom stereocenters. The van der Waals surface area contributed by atoms with Crippen LogP contribution in [-0.2, 0) is 15.9 Å². The number of rotatable bonds is 4. The number of terminal acetylenes is 1. The Bertz CT molecular complexity index is 818. The molecule has 0 saturated carbocycles. The van der Waals surface area contributed by atoms with Gasteiger partial charge in [0.2, 0.25) is 0 Å². The Kier molecular flexibility index (Phi) is 4.63. The molecular formula is C18H20BFN2O2S. The highest BCUT2D eigenvalue weighted by Gasteiger charge is 2.53. The standard InChI is InChI=1S/C18H20BFN2O2S/c1-6-9-22-13(11-14(21-22)15-8-7-10-25-15)12-16(20)19-23-17(2,3)18(4,5)24-19/h1,7-8,10-12H,9H2,2-5H3. The number of hydrogen-bond donors (Lipinski definition) is 0. The highest BCUT2D eigenvalue weighted by molar-refractivity contribution is 7.13. The van der Waals surface area contributed by atoms with Gasteiger partial charge in [-0.1, -0.05) is 12.0 Å². The van der Waals surface area contributed by atoms with Crippen molar-refractivity contribution in [2.75, 3.05) is 0 Å². The van der Waals surface area contributed by atoms with Crippen LogP contribution in [0.25, 0.3) is 16.6 Å². The molecule has 130 valence electrons. The molecule has 0 N–H and O–H groups in total.